The number of nitrogens with two attached hydrogens (primary N) is 1. The summed E-state index contributed by atoms with van der Waals surface area (Å²) in [6, 6.07) is 0. The Morgan fingerprint density at radius 2 is 2.33 bits per heavy atom. The molecule has 0 saturated carbocycles. The van der Waals surface area contributed by atoms with E-state index in [0.29, 0.717) is 18.9 Å². The van der Waals surface area contributed by atoms with E-state index in [0.717, 1.165) is 19.5 Å². The van der Waals surface area contributed by atoms with E-state index in [2.05, 4.69) is 22.4 Å². The molecule has 6 nitrogen and oxygen atoms in total. The molecule has 2 atom stereocenters. The van der Waals surface area contributed by atoms with E-state index in [1.165, 1.54) is 0 Å². The number of rotatable bonds is 5. The number of likely N-dealkylation sites (tertiary alicyclic amines) is 1. The molecule has 1 fully saturated rings. The van der Waals surface area contributed by atoms with Crippen molar-refractivity contribution in [3.05, 3.63) is 0 Å². The lowest BCUT2D eigenvalue weighted by Gasteiger charge is -2.26. The predicted molar refractivity (Wildman–Crippen MR) is 70.4 cm³/mol. The first-order valence-electron chi connectivity index (χ1n) is 6.39. The molecule has 1 heterocycles. The minimum Gasteiger partial charge on any atom is -0.409 e. The van der Waals surface area contributed by atoms with Crippen LogP contribution < -0.4 is 11.1 Å². The Morgan fingerprint density at radius 3 is 2.78 bits per heavy atom. The van der Waals surface area contributed by atoms with Crippen LogP contribution in [0, 0.1) is 11.3 Å². The molecule has 104 valence electrons. The van der Waals surface area contributed by atoms with E-state index in [4.69, 9.17) is 10.9 Å². The van der Waals surface area contributed by atoms with Gasteiger partial charge in [0.25, 0.3) is 0 Å². The molecule has 2 unspecified atom stereocenters. The molecule has 1 amide bonds. The fourth-order valence-electron chi connectivity index (χ4n) is 2.19. The summed E-state index contributed by atoms with van der Waals surface area (Å²) in [4.78, 5) is 14.4. The van der Waals surface area contributed by atoms with Crippen molar-refractivity contribution >= 4 is 11.7 Å². The van der Waals surface area contributed by atoms with Crippen LogP contribution >= 0.6 is 0 Å². The first-order valence-corrected chi connectivity index (χ1v) is 6.39. The summed E-state index contributed by atoms with van der Waals surface area (Å²) in [6.07, 6.45) is 1.60. The number of oxime groups is 1. The lowest BCUT2D eigenvalue weighted by atomic mass is 9.85. The second kappa shape index (κ2) is 6.04. The van der Waals surface area contributed by atoms with Crippen molar-refractivity contribution in [1.82, 2.24) is 10.2 Å². The van der Waals surface area contributed by atoms with Gasteiger partial charge in [-0.1, -0.05) is 12.1 Å². The van der Waals surface area contributed by atoms with Gasteiger partial charge in [0.15, 0.2) is 5.84 Å². The molecule has 6 heteroatoms. The number of carbonyl (C=O) groups excluding carboxylic acids is 1. The molecule has 1 aliphatic rings. The fraction of sp³-hybridized carbons (Fsp3) is 0.833. The van der Waals surface area contributed by atoms with E-state index in [9.17, 15) is 4.79 Å². The highest BCUT2D eigenvalue weighted by atomic mass is 16.4. The van der Waals surface area contributed by atoms with Crippen molar-refractivity contribution in [2.75, 3.05) is 26.7 Å². The Labute approximate surface area is 108 Å². The molecular formula is C12H24N4O2. The average molecular weight is 256 g/mol. The summed E-state index contributed by atoms with van der Waals surface area (Å²) in [6.45, 7) is 6.27. The number of carbonyl (C=O) groups is 1. The van der Waals surface area contributed by atoms with Gasteiger partial charge < -0.3 is 21.2 Å². The van der Waals surface area contributed by atoms with Crippen molar-refractivity contribution in [3.8, 4) is 0 Å². The van der Waals surface area contributed by atoms with Crippen LogP contribution in [0.4, 0.5) is 0 Å². The highest BCUT2D eigenvalue weighted by Gasteiger charge is 2.36. The maximum atomic E-state index is 12.1. The van der Waals surface area contributed by atoms with Crippen LogP contribution in [0.5, 0.6) is 0 Å². The maximum Gasteiger partial charge on any atom is 0.233 e. The Kier molecular flexibility index (Phi) is 4.95. The van der Waals surface area contributed by atoms with Gasteiger partial charge >= 0.3 is 0 Å². The van der Waals surface area contributed by atoms with Gasteiger partial charge in [-0.2, -0.15) is 0 Å². The van der Waals surface area contributed by atoms with Gasteiger partial charge in [0.05, 0.1) is 0 Å². The molecule has 4 N–H and O–H groups in total. The predicted octanol–water partition coefficient (Wildman–Crippen LogP) is 0.217. The highest BCUT2D eigenvalue weighted by Crippen LogP contribution is 2.22. The Balaban J connectivity index is 2.53. The smallest absolute Gasteiger partial charge is 0.233 e. The first-order chi connectivity index (χ1) is 8.43. The lowest BCUT2D eigenvalue weighted by molar-refractivity contribution is -0.127. The number of hydrogen-bond donors (Lipinski definition) is 3. The Bertz CT molecular complexity index is 332. The van der Waals surface area contributed by atoms with Crippen molar-refractivity contribution in [3.63, 3.8) is 0 Å². The van der Waals surface area contributed by atoms with Crippen molar-refractivity contribution in [1.29, 1.82) is 0 Å². The van der Waals surface area contributed by atoms with E-state index in [1.54, 1.807) is 6.92 Å². The van der Waals surface area contributed by atoms with Crippen LogP contribution in [0.2, 0.25) is 0 Å². The minimum absolute atomic E-state index is 0.0361. The van der Waals surface area contributed by atoms with E-state index in [1.807, 2.05) is 6.92 Å². The Hall–Kier alpha value is -1.30. The largest absolute Gasteiger partial charge is 0.409 e. The second-order valence-corrected chi connectivity index (χ2v) is 5.30. The number of amides is 1. The molecule has 0 aliphatic carbocycles. The topological polar surface area (TPSA) is 91.0 Å². The monoisotopic (exact) mass is 256 g/mol. The molecule has 18 heavy (non-hydrogen) atoms. The molecule has 1 aliphatic heterocycles. The van der Waals surface area contributed by atoms with Crippen molar-refractivity contribution in [2.24, 2.45) is 22.2 Å². The van der Waals surface area contributed by atoms with Gasteiger partial charge in [-0.25, -0.2) is 0 Å². The van der Waals surface area contributed by atoms with Gasteiger partial charge in [-0.15, -0.1) is 0 Å². The number of amidine groups is 1. The summed E-state index contributed by atoms with van der Waals surface area (Å²) in [5, 5.41) is 14.6. The van der Waals surface area contributed by atoms with Crippen molar-refractivity contribution < 1.29 is 10.0 Å². The quantitative estimate of drug-likeness (QED) is 0.284. The van der Waals surface area contributed by atoms with Crippen LogP contribution in [0.25, 0.3) is 0 Å². The van der Waals surface area contributed by atoms with Crippen LogP contribution in [-0.2, 0) is 4.79 Å². The Morgan fingerprint density at radius 1 is 1.67 bits per heavy atom. The third-order valence-corrected chi connectivity index (χ3v) is 3.92. The third-order valence-electron chi connectivity index (χ3n) is 3.92. The fourth-order valence-corrected chi connectivity index (χ4v) is 2.19. The van der Waals surface area contributed by atoms with E-state index in [-0.39, 0.29) is 11.7 Å². The number of nitrogens with zero attached hydrogens (tertiary/aromatic N) is 2. The first kappa shape index (κ1) is 14.8. The van der Waals surface area contributed by atoms with E-state index < -0.39 is 5.41 Å². The zero-order valence-electron chi connectivity index (χ0n) is 11.4. The van der Waals surface area contributed by atoms with Gasteiger partial charge in [0, 0.05) is 13.1 Å². The molecule has 1 saturated heterocycles. The minimum atomic E-state index is -0.931. The molecule has 1 rings (SSSR count). The van der Waals surface area contributed by atoms with Crippen molar-refractivity contribution in [2.45, 2.75) is 26.7 Å². The summed E-state index contributed by atoms with van der Waals surface area (Å²) in [7, 11) is 2.08. The number of nitrogens with one attached hydrogen (secondary N) is 1. The lowest BCUT2D eigenvalue weighted by Crippen LogP contribution is -2.48. The molecule has 0 spiro atoms. The van der Waals surface area contributed by atoms with E-state index >= 15 is 0 Å². The standard InChI is InChI=1S/C12H24N4O2/c1-4-12(2,10(13)15-18)11(17)14-7-9-5-6-16(3)8-9/h9,18H,4-8H2,1-3H3,(H2,13,15)(H,14,17). The molecule has 0 aromatic heterocycles. The SMILES string of the molecule is CCC(C)(C(=O)NCC1CCN(C)C1)C(N)=NO. The van der Waals surface area contributed by atoms with Gasteiger partial charge in [0.2, 0.25) is 5.91 Å². The molecule has 0 radical (unpaired) electrons. The van der Waals surface area contributed by atoms with Gasteiger partial charge in [-0.05, 0) is 39.3 Å². The van der Waals surface area contributed by atoms with Crippen LogP contribution in [0.3, 0.4) is 0 Å². The molecule has 0 aromatic rings. The van der Waals surface area contributed by atoms with Gasteiger partial charge in [0.1, 0.15) is 5.41 Å². The molecule has 0 aromatic carbocycles. The van der Waals surface area contributed by atoms with Crippen LogP contribution in [0.1, 0.15) is 26.7 Å². The summed E-state index contributed by atoms with van der Waals surface area (Å²) >= 11 is 0. The highest BCUT2D eigenvalue weighted by molar-refractivity contribution is 6.06. The normalized spacial score (nSPS) is 24.8. The maximum absolute atomic E-state index is 12.1. The zero-order valence-corrected chi connectivity index (χ0v) is 11.4. The average Bonchev–Trinajstić information content (AvgIpc) is 2.79. The van der Waals surface area contributed by atoms with Crippen LogP contribution in [0.15, 0.2) is 5.16 Å². The van der Waals surface area contributed by atoms with Gasteiger partial charge in [-0.3, -0.25) is 4.79 Å². The van der Waals surface area contributed by atoms with Crippen LogP contribution in [-0.4, -0.2) is 48.5 Å². The summed E-state index contributed by atoms with van der Waals surface area (Å²) in [5.41, 5.74) is 4.67. The molecule has 0 bridgehead atoms. The second-order valence-electron chi connectivity index (χ2n) is 5.30. The summed E-state index contributed by atoms with van der Waals surface area (Å²) < 4.78 is 0. The third kappa shape index (κ3) is 3.13. The molecular weight excluding hydrogens is 232 g/mol. The zero-order chi connectivity index (χ0) is 13.8. The number of hydrogen-bond acceptors (Lipinski definition) is 4. The summed E-state index contributed by atoms with van der Waals surface area (Å²) in [5.74, 6) is 0.285.